The number of amides is 1. The van der Waals surface area contributed by atoms with E-state index in [9.17, 15) is 22.8 Å². The quantitative estimate of drug-likeness (QED) is 0.319. The first kappa shape index (κ1) is 28.0. The number of benzene rings is 3. The molecule has 6 rings (SSSR count). The smallest absolute Gasteiger partial charge is 0.416 e. The number of hydrazone groups is 1. The second kappa shape index (κ2) is 10.6. The highest BCUT2D eigenvalue weighted by molar-refractivity contribution is 6.20. The lowest BCUT2D eigenvalue weighted by Crippen LogP contribution is -2.62. The van der Waals surface area contributed by atoms with Crippen molar-refractivity contribution in [2.45, 2.75) is 51.7 Å². The summed E-state index contributed by atoms with van der Waals surface area (Å²) in [6, 6.07) is 20.3. The summed E-state index contributed by atoms with van der Waals surface area (Å²) in [5.41, 5.74) is 2.08. The Bertz CT molecular complexity index is 1540. The van der Waals surface area contributed by atoms with E-state index in [2.05, 4.69) is 17.0 Å². The van der Waals surface area contributed by atoms with Crippen molar-refractivity contribution < 1.29 is 27.5 Å². The lowest BCUT2D eigenvalue weighted by atomic mass is 9.63. The van der Waals surface area contributed by atoms with Gasteiger partial charge in [0.15, 0.2) is 0 Å². The molecule has 3 atom stereocenters. The molecular weight excluding hydrogens is 543 g/mol. The molecule has 3 aliphatic heterocycles. The molecule has 1 amide bonds. The highest BCUT2D eigenvalue weighted by atomic mass is 19.4. The maximum Gasteiger partial charge on any atom is 0.416 e. The predicted molar refractivity (Wildman–Crippen MR) is 155 cm³/mol. The fourth-order valence-corrected chi connectivity index (χ4v) is 6.87. The van der Waals surface area contributed by atoms with Gasteiger partial charge >= 0.3 is 12.1 Å². The van der Waals surface area contributed by atoms with Gasteiger partial charge in [0, 0.05) is 18.3 Å². The van der Waals surface area contributed by atoms with Crippen LogP contribution in [0.25, 0.3) is 0 Å². The van der Waals surface area contributed by atoms with Gasteiger partial charge in [0.1, 0.15) is 5.41 Å². The summed E-state index contributed by atoms with van der Waals surface area (Å²) < 4.78 is 46.3. The largest absolute Gasteiger partial charge is 0.462 e. The van der Waals surface area contributed by atoms with E-state index in [0.29, 0.717) is 41.4 Å². The number of nitrogens with zero attached hydrogens (tertiary/aromatic N) is 3. The third-order valence-electron chi connectivity index (χ3n) is 8.93. The Labute approximate surface area is 242 Å². The fraction of sp³-hybridized carbons (Fsp3) is 0.364. The number of alkyl halides is 3. The molecule has 6 nitrogen and oxygen atoms in total. The maximum absolute atomic E-state index is 14.5. The van der Waals surface area contributed by atoms with E-state index in [1.54, 1.807) is 37.3 Å². The van der Waals surface area contributed by atoms with E-state index in [4.69, 9.17) is 9.84 Å². The Hall–Kier alpha value is -4.14. The average molecular weight is 576 g/mol. The standard InChI is InChI=1S/C33H32F3N3O3/c1-3-42-30(40)24-9-12-27(13-10-24)39-31(41)32(21(2)37-39)20-25-19-26(33(34,35)36)11-14-28(25)38-16-15-23(18-29(32)38)17-22-7-5-4-6-8-22/h4-14,19,23,29H,3,15-18,20H2,1-2H3/t23-,29-,32-/m0/s1. The summed E-state index contributed by atoms with van der Waals surface area (Å²) in [4.78, 5) is 28.8. The van der Waals surface area contributed by atoms with E-state index in [0.717, 1.165) is 24.6 Å². The number of anilines is 2. The zero-order valence-electron chi connectivity index (χ0n) is 23.5. The van der Waals surface area contributed by atoms with Gasteiger partial charge in [-0.2, -0.15) is 23.3 Å². The molecule has 1 saturated heterocycles. The zero-order valence-corrected chi connectivity index (χ0v) is 23.5. The van der Waals surface area contributed by atoms with Crippen molar-refractivity contribution in [2.75, 3.05) is 23.1 Å². The molecule has 0 saturated carbocycles. The van der Waals surface area contributed by atoms with Gasteiger partial charge in [0.25, 0.3) is 5.91 Å². The highest BCUT2D eigenvalue weighted by Gasteiger charge is 2.60. The second-order valence-electron chi connectivity index (χ2n) is 11.3. The molecule has 3 heterocycles. The summed E-state index contributed by atoms with van der Waals surface area (Å²) in [6.07, 6.45) is -1.91. The molecular formula is C33H32F3N3O3. The van der Waals surface area contributed by atoms with Gasteiger partial charge in [-0.25, -0.2) is 4.79 Å². The van der Waals surface area contributed by atoms with Crippen LogP contribution < -0.4 is 9.91 Å². The molecule has 0 radical (unpaired) electrons. The lowest BCUT2D eigenvalue weighted by molar-refractivity contribution is -0.137. The van der Waals surface area contributed by atoms with Crippen LogP contribution in [0.4, 0.5) is 24.5 Å². The van der Waals surface area contributed by atoms with E-state index in [1.165, 1.54) is 16.6 Å². The molecule has 218 valence electrons. The summed E-state index contributed by atoms with van der Waals surface area (Å²) in [6.45, 7) is 4.42. The first-order valence-electron chi connectivity index (χ1n) is 14.3. The van der Waals surface area contributed by atoms with Crippen molar-refractivity contribution in [3.05, 3.63) is 95.1 Å². The molecule has 3 aromatic rings. The molecule has 3 aliphatic rings. The number of halogens is 3. The highest BCUT2D eigenvalue weighted by Crippen LogP contribution is 2.51. The van der Waals surface area contributed by atoms with Crippen LogP contribution in [0.5, 0.6) is 0 Å². The maximum atomic E-state index is 14.5. The van der Waals surface area contributed by atoms with E-state index in [1.807, 2.05) is 25.1 Å². The minimum Gasteiger partial charge on any atom is -0.462 e. The Morgan fingerprint density at radius 1 is 1.07 bits per heavy atom. The molecule has 0 unspecified atom stereocenters. The zero-order chi connectivity index (χ0) is 29.6. The van der Waals surface area contributed by atoms with Crippen molar-refractivity contribution >= 4 is 29.0 Å². The number of rotatable bonds is 5. The summed E-state index contributed by atoms with van der Waals surface area (Å²) in [5.74, 6) is -0.415. The van der Waals surface area contributed by atoms with Crippen LogP contribution in [0.2, 0.25) is 0 Å². The monoisotopic (exact) mass is 575 g/mol. The summed E-state index contributed by atoms with van der Waals surface area (Å²) in [7, 11) is 0. The van der Waals surface area contributed by atoms with Gasteiger partial charge in [0.2, 0.25) is 0 Å². The molecule has 0 aromatic heterocycles. The van der Waals surface area contributed by atoms with Crippen molar-refractivity contribution in [2.24, 2.45) is 16.4 Å². The van der Waals surface area contributed by atoms with Crippen molar-refractivity contribution in [3.8, 4) is 0 Å². The molecule has 1 spiro atoms. The van der Waals surface area contributed by atoms with Crippen LogP contribution in [0.15, 0.2) is 77.9 Å². The van der Waals surface area contributed by atoms with Crippen molar-refractivity contribution in [1.82, 2.24) is 0 Å². The average Bonchev–Trinajstić information content (AvgIpc) is 3.22. The number of esters is 1. The number of carbonyl (C=O) groups is 2. The fourth-order valence-electron chi connectivity index (χ4n) is 6.87. The minimum atomic E-state index is -4.49. The number of hydrogen-bond acceptors (Lipinski definition) is 5. The van der Waals surface area contributed by atoms with Gasteiger partial charge in [-0.15, -0.1) is 0 Å². The van der Waals surface area contributed by atoms with E-state index >= 15 is 0 Å². The van der Waals surface area contributed by atoms with Crippen LogP contribution >= 0.6 is 0 Å². The molecule has 0 aliphatic carbocycles. The van der Waals surface area contributed by atoms with E-state index < -0.39 is 23.1 Å². The molecule has 9 heteroatoms. The summed E-state index contributed by atoms with van der Waals surface area (Å²) >= 11 is 0. The van der Waals surface area contributed by atoms with E-state index in [-0.39, 0.29) is 25.0 Å². The molecule has 0 N–H and O–H groups in total. The normalized spacial score (nSPS) is 23.5. The number of piperidine rings is 1. The third-order valence-corrected chi connectivity index (χ3v) is 8.93. The van der Waals surface area contributed by atoms with Crippen LogP contribution in [0.1, 0.15) is 53.7 Å². The number of hydrogen-bond donors (Lipinski definition) is 0. The first-order valence-corrected chi connectivity index (χ1v) is 14.3. The second-order valence-corrected chi connectivity index (χ2v) is 11.3. The SMILES string of the molecule is CCOC(=O)c1ccc(N2N=C(C)[C@]3(Cc4cc(C(F)(F)F)ccc4N4CC[C@@H](Cc5ccccc5)C[C@H]43)C2=O)cc1. The van der Waals surface area contributed by atoms with Crippen LogP contribution in [0, 0.1) is 11.3 Å². The van der Waals surface area contributed by atoms with Gasteiger partial charge in [-0.3, -0.25) is 4.79 Å². The predicted octanol–water partition coefficient (Wildman–Crippen LogP) is 6.68. The Morgan fingerprint density at radius 3 is 2.50 bits per heavy atom. The number of fused-ring (bicyclic) bond motifs is 4. The van der Waals surface area contributed by atoms with Crippen molar-refractivity contribution in [1.29, 1.82) is 0 Å². The van der Waals surface area contributed by atoms with Gasteiger partial charge in [-0.05, 0) is 99.0 Å². The van der Waals surface area contributed by atoms with Crippen LogP contribution in [-0.2, 0) is 28.5 Å². The Kier molecular flexibility index (Phi) is 7.07. The molecule has 1 fully saturated rings. The summed E-state index contributed by atoms with van der Waals surface area (Å²) in [5, 5.41) is 6.06. The van der Waals surface area contributed by atoms with Gasteiger partial charge in [0.05, 0.1) is 29.1 Å². The minimum absolute atomic E-state index is 0.136. The van der Waals surface area contributed by atoms with Gasteiger partial charge < -0.3 is 9.64 Å². The Morgan fingerprint density at radius 2 is 1.81 bits per heavy atom. The number of carbonyl (C=O) groups excluding carboxylic acids is 2. The number of ether oxygens (including phenoxy) is 1. The van der Waals surface area contributed by atoms with Crippen LogP contribution in [-0.4, -0.2) is 36.8 Å². The Balaban J connectivity index is 1.38. The molecule has 0 bridgehead atoms. The first-order chi connectivity index (χ1) is 20.1. The lowest BCUT2D eigenvalue weighted by Gasteiger charge is -2.52. The topological polar surface area (TPSA) is 62.2 Å². The molecule has 3 aromatic carbocycles. The van der Waals surface area contributed by atoms with Gasteiger partial charge in [-0.1, -0.05) is 30.3 Å². The van der Waals surface area contributed by atoms with Crippen LogP contribution in [0.3, 0.4) is 0 Å². The van der Waals surface area contributed by atoms with Crippen molar-refractivity contribution in [3.63, 3.8) is 0 Å². The third kappa shape index (κ3) is 4.74. The molecule has 42 heavy (non-hydrogen) atoms.